The summed E-state index contributed by atoms with van der Waals surface area (Å²) >= 11 is 0. The van der Waals surface area contributed by atoms with Gasteiger partial charge in [-0.1, -0.05) is 27.2 Å². The zero-order valence-corrected chi connectivity index (χ0v) is 18.5. The highest BCUT2D eigenvalue weighted by molar-refractivity contribution is 6.74. The number of carbonyl (C=O) groups is 1. The van der Waals surface area contributed by atoms with Crippen LogP contribution in [0.15, 0.2) is 0 Å². The molecule has 0 unspecified atom stereocenters. The van der Waals surface area contributed by atoms with Crippen LogP contribution in [0.5, 0.6) is 0 Å². The van der Waals surface area contributed by atoms with Crippen LogP contribution in [0.3, 0.4) is 0 Å². The Morgan fingerprint density at radius 2 is 2.00 bits per heavy atom. The Bertz CT molecular complexity index is 555. The molecule has 27 heavy (non-hydrogen) atoms. The van der Waals surface area contributed by atoms with Crippen LogP contribution in [0.25, 0.3) is 0 Å². The Morgan fingerprint density at radius 3 is 2.59 bits per heavy atom. The fourth-order valence-corrected chi connectivity index (χ4v) is 4.88. The number of hydrogen-bond acceptors (Lipinski definition) is 5. The summed E-state index contributed by atoms with van der Waals surface area (Å²) in [6.45, 7) is 12.0. The van der Waals surface area contributed by atoms with Crippen molar-refractivity contribution in [3.63, 3.8) is 0 Å². The number of rotatable bonds is 8. The topological polar surface area (TPSA) is 91.6 Å². The van der Waals surface area contributed by atoms with Crippen LogP contribution in [-0.2, 0) is 14.0 Å². The Kier molecular flexibility index (Phi) is 7.48. The molecular formula is C20H36N2O4Si. The molecule has 1 saturated carbocycles. The summed E-state index contributed by atoms with van der Waals surface area (Å²) < 4.78 is 11.9. The predicted molar refractivity (Wildman–Crippen MR) is 107 cm³/mol. The molecule has 154 valence electrons. The lowest BCUT2D eigenvalue weighted by atomic mass is 9.71. The van der Waals surface area contributed by atoms with E-state index in [0.717, 1.165) is 19.3 Å². The molecule has 0 spiro atoms. The maximum atomic E-state index is 12.1. The molecule has 2 fully saturated rings. The van der Waals surface area contributed by atoms with E-state index in [9.17, 15) is 9.90 Å². The lowest BCUT2D eigenvalue weighted by Crippen LogP contribution is -2.65. The average Bonchev–Trinajstić information content (AvgIpc) is 2.57. The number of nitrogens with zero attached hydrogens (tertiary/aromatic N) is 1. The molecule has 0 aromatic heterocycles. The summed E-state index contributed by atoms with van der Waals surface area (Å²) in [5.74, 6) is -0.00719. The van der Waals surface area contributed by atoms with Crippen molar-refractivity contribution in [1.82, 2.24) is 5.32 Å². The van der Waals surface area contributed by atoms with Gasteiger partial charge in [0.2, 0.25) is 5.91 Å². The fraction of sp³-hybridized carbons (Fsp3) is 0.900. The second-order valence-corrected chi connectivity index (χ2v) is 14.3. The number of nitrogens with one attached hydrogen (secondary N) is 1. The number of aliphatic hydroxyl groups excluding tert-OH is 1. The molecule has 1 aliphatic carbocycles. The third-order valence-electron chi connectivity index (χ3n) is 6.63. The molecule has 2 rings (SSSR count). The van der Waals surface area contributed by atoms with Gasteiger partial charge in [0.25, 0.3) is 0 Å². The van der Waals surface area contributed by atoms with E-state index in [1.54, 1.807) is 0 Å². The van der Waals surface area contributed by atoms with Crippen molar-refractivity contribution in [3.8, 4) is 6.07 Å². The number of aliphatic hydroxyl groups is 1. The van der Waals surface area contributed by atoms with Crippen molar-refractivity contribution >= 4 is 14.2 Å². The van der Waals surface area contributed by atoms with Crippen LogP contribution in [0.2, 0.25) is 18.1 Å². The van der Waals surface area contributed by atoms with Crippen LogP contribution in [0.4, 0.5) is 0 Å². The van der Waals surface area contributed by atoms with Gasteiger partial charge < -0.3 is 19.6 Å². The number of amides is 1. The van der Waals surface area contributed by atoms with Crippen molar-refractivity contribution in [2.24, 2.45) is 11.8 Å². The molecule has 2 N–H and O–H groups in total. The highest BCUT2D eigenvalue weighted by Gasteiger charge is 2.48. The average molecular weight is 397 g/mol. The molecule has 1 aliphatic heterocycles. The quantitative estimate of drug-likeness (QED) is 0.374. The molecule has 0 aromatic rings. The number of hydrogen-bond donors (Lipinski definition) is 2. The lowest BCUT2D eigenvalue weighted by molar-refractivity contribution is -0.146. The monoisotopic (exact) mass is 396 g/mol. The maximum absolute atomic E-state index is 12.1. The van der Waals surface area contributed by atoms with Crippen molar-refractivity contribution < 1.29 is 19.1 Å². The lowest BCUT2D eigenvalue weighted by Gasteiger charge is -2.47. The molecule has 5 atom stereocenters. The molecule has 1 saturated heterocycles. The first-order valence-corrected chi connectivity index (χ1v) is 13.1. The minimum absolute atomic E-state index is 0.00196. The van der Waals surface area contributed by atoms with E-state index < -0.39 is 14.4 Å². The van der Waals surface area contributed by atoms with Gasteiger partial charge in [-0.15, -0.1) is 0 Å². The van der Waals surface area contributed by atoms with Gasteiger partial charge in [0.05, 0.1) is 37.2 Å². The summed E-state index contributed by atoms with van der Waals surface area (Å²) in [5, 5.41) is 22.6. The smallest absolute Gasteiger partial charge is 0.225 e. The van der Waals surface area contributed by atoms with Crippen molar-refractivity contribution in [2.75, 3.05) is 13.2 Å². The molecule has 2 aliphatic rings. The van der Waals surface area contributed by atoms with Crippen LogP contribution < -0.4 is 5.32 Å². The van der Waals surface area contributed by atoms with Gasteiger partial charge in [-0.05, 0) is 37.4 Å². The molecule has 0 aromatic carbocycles. The van der Waals surface area contributed by atoms with E-state index >= 15 is 0 Å². The zero-order valence-electron chi connectivity index (χ0n) is 17.5. The number of ether oxygens (including phenoxy) is 1. The van der Waals surface area contributed by atoms with Gasteiger partial charge in [-0.3, -0.25) is 4.79 Å². The van der Waals surface area contributed by atoms with E-state index in [0.29, 0.717) is 26.1 Å². The standard InChI is InChI=1S/C20H36N2O4Si/c1-20(2,3)27(4,5)26-13-10-15-17(22-19(15)24)14-8-6-9-16(18(14)23)25-12-7-11-21/h14-18,23H,6-10,12-13H2,1-5H3,(H,22,24)/t14-,15+,16+,17-,18+/m1/s1. The first-order chi connectivity index (χ1) is 12.6. The highest BCUT2D eigenvalue weighted by atomic mass is 28.4. The Balaban J connectivity index is 1.88. The third-order valence-corrected chi connectivity index (χ3v) is 11.2. The van der Waals surface area contributed by atoms with E-state index in [4.69, 9.17) is 14.4 Å². The Morgan fingerprint density at radius 1 is 1.30 bits per heavy atom. The van der Waals surface area contributed by atoms with Crippen molar-refractivity contribution in [3.05, 3.63) is 0 Å². The summed E-state index contributed by atoms with van der Waals surface area (Å²) in [4.78, 5) is 12.1. The van der Waals surface area contributed by atoms with Crippen LogP contribution in [0.1, 0.15) is 52.9 Å². The fourth-order valence-electron chi connectivity index (χ4n) is 3.81. The van der Waals surface area contributed by atoms with Crippen LogP contribution in [0, 0.1) is 23.2 Å². The predicted octanol–water partition coefficient (Wildman–Crippen LogP) is 2.97. The highest BCUT2D eigenvalue weighted by Crippen LogP contribution is 2.39. The zero-order chi connectivity index (χ0) is 20.2. The minimum atomic E-state index is -1.81. The third kappa shape index (κ3) is 5.32. The molecule has 7 heteroatoms. The number of carbonyl (C=O) groups excluding carboxylic acids is 1. The van der Waals surface area contributed by atoms with E-state index in [1.165, 1.54) is 0 Å². The number of nitriles is 1. The number of β-lactam (4-membered cyclic amide) rings is 1. The van der Waals surface area contributed by atoms with Crippen molar-refractivity contribution in [1.29, 1.82) is 5.26 Å². The first kappa shape index (κ1) is 22.3. The van der Waals surface area contributed by atoms with Gasteiger partial charge >= 0.3 is 0 Å². The Labute approximate surface area is 164 Å². The molecule has 1 heterocycles. The van der Waals surface area contributed by atoms with Gasteiger partial charge in [-0.2, -0.15) is 5.26 Å². The van der Waals surface area contributed by atoms with E-state index in [-0.39, 0.29) is 34.9 Å². The Hall–Kier alpha value is -0.943. The SMILES string of the molecule is CC(C)(C)[Si](C)(C)OCC[C@@H]1C(=O)N[C@@H]1[C@H]1CCC[C@H](OCCC#N)[C@H]1O. The molecule has 1 amide bonds. The first-order valence-electron chi connectivity index (χ1n) is 10.2. The molecule has 6 nitrogen and oxygen atoms in total. The summed E-state index contributed by atoms with van der Waals surface area (Å²) in [5.41, 5.74) is 0. The van der Waals surface area contributed by atoms with Gasteiger partial charge in [-0.25, -0.2) is 0 Å². The largest absolute Gasteiger partial charge is 0.417 e. The molecular weight excluding hydrogens is 360 g/mol. The van der Waals surface area contributed by atoms with E-state index in [2.05, 4.69) is 45.3 Å². The van der Waals surface area contributed by atoms with Gasteiger partial charge in [0.15, 0.2) is 8.32 Å². The maximum Gasteiger partial charge on any atom is 0.225 e. The molecule has 0 radical (unpaired) electrons. The van der Waals surface area contributed by atoms with Crippen LogP contribution >= 0.6 is 0 Å². The van der Waals surface area contributed by atoms with Crippen molar-refractivity contribution in [2.45, 2.75) is 89.3 Å². The summed E-state index contributed by atoms with van der Waals surface area (Å²) in [7, 11) is -1.81. The van der Waals surface area contributed by atoms with Gasteiger partial charge in [0.1, 0.15) is 0 Å². The summed E-state index contributed by atoms with van der Waals surface area (Å²) in [6, 6.07) is 2.06. The van der Waals surface area contributed by atoms with Gasteiger partial charge in [0, 0.05) is 18.6 Å². The van der Waals surface area contributed by atoms with Crippen LogP contribution in [-0.4, -0.2) is 50.8 Å². The van der Waals surface area contributed by atoms with E-state index in [1.807, 2.05) is 0 Å². The molecule has 0 bridgehead atoms. The normalized spacial score (nSPS) is 31.7. The minimum Gasteiger partial charge on any atom is -0.417 e. The second kappa shape index (κ2) is 9.04. The summed E-state index contributed by atoms with van der Waals surface area (Å²) in [6.07, 6.45) is 2.88. The second-order valence-electron chi connectivity index (χ2n) is 9.44.